The fourth-order valence-corrected chi connectivity index (χ4v) is 5.09. The predicted molar refractivity (Wildman–Crippen MR) is 113 cm³/mol. The Kier molecular flexibility index (Phi) is 4.68. The van der Waals surface area contributed by atoms with Gasteiger partial charge < -0.3 is 15.2 Å². The molecule has 2 unspecified atom stereocenters. The average Bonchev–Trinajstić information content (AvgIpc) is 3.41. The first-order valence-electron chi connectivity index (χ1n) is 8.23. The Morgan fingerprint density at radius 1 is 1.31 bits per heavy atom. The van der Waals surface area contributed by atoms with Gasteiger partial charge in [0.2, 0.25) is 5.29 Å². The van der Waals surface area contributed by atoms with E-state index in [1.165, 1.54) is 0 Å². The number of alkyl halides is 1. The van der Waals surface area contributed by atoms with Crippen molar-refractivity contribution in [1.29, 1.82) is 0 Å². The summed E-state index contributed by atoms with van der Waals surface area (Å²) in [6.07, 6.45) is 1.37. The molecule has 4 rings (SSSR count). The van der Waals surface area contributed by atoms with E-state index in [9.17, 15) is 4.57 Å². The summed E-state index contributed by atoms with van der Waals surface area (Å²) >= 11 is 9.47. The molecule has 3 atom stereocenters. The number of anilines is 1. The highest BCUT2D eigenvalue weighted by Crippen LogP contribution is 2.41. The van der Waals surface area contributed by atoms with E-state index in [4.69, 9.17) is 16.6 Å². The summed E-state index contributed by atoms with van der Waals surface area (Å²) in [5.74, 6) is 0. The van der Waals surface area contributed by atoms with Gasteiger partial charge >= 0.3 is 0 Å². The van der Waals surface area contributed by atoms with Gasteiger partial charge in [0.15, 0.2) is 0 Å². The minimum Gasteiger partial charge on any atom is -0.362 e. The van der Waals surface area contributed by atoms with Crippen LogP contribution in [0, 0.1) is 0 Å². The van der Waals surface area contributed by atoms with Gasteiger partial charge in [-0.2, -0.15) is 0 Å². The third-order valence-corrected chi connectivity index (χ3v) is 6.83. The number of aromatic nitrogens is 1. The van der Waals surface area contributed by atoms with Crippen molar-refractivity contribution in [2.45, 2.75) is 17.0 Å². The van der Waals surface area contributed by atoms with Gasteiger partial charge in [0.25, 0.3) is 0 Å². The Labute approximate surface area is 165 Å². The zero-order valence-corrected chi connectivity index (χ0v) is 17.5. The smallest absolute Gasteiger partial charge is 0.219 e. The topological polar surface area (TPSA) is 88.7 Å². The molecule has 0 spiro atoms. The Bertz CT molecular complexity index is 985. The van der Waals surface area contributed by atoms with Gasteiger partial charge in [-0.15, -0.1) is 0 Å². The van der Waals surface area contributed by atoms with Gasteiger partial charge in [0.1, 0.15) is 13.3 Å². The molecule has 2 aromatic rings. The van der Waals surface area contributed by atoms with Gasteiger partial charge in [-0.05, 0) is 43.1 Å². The zero-order chi connectivity index (χ0) is 18.5. The van der Waals surface area contributed by atoms with E-state index in [1.54, 1.807) is 19.5 Å². The normalized spacial score (nSPS) is 25.2. The highest BCUT2D eigenvalue weighted by molar-refractivity contribution is 9.10. The molecule has 1 aromatic heterocycles. The average molecular weight is 455 g/mol. The van der Waals surface area contributed by atoms with Crippen molar-refractivity contribution in [2.75, 3.05) is 25.2 Å². The zero-order valence-electron chi connectivity index (χ0n) is 14.3. The van der Waals surface area contributed by atoms with Crippen molar-refractivity contribution in [3.63, 3.8) is 0 Å². The van der Waals surface area contributed by atoms with E-state index in [0.717, 1.165) is 34.1 Å². The molecular formula is C17H18BrClN5OP. The minimum absolute atomic E-state index is 0.108. The maximum absolute atomic E-state index is 13.1. The number of amidine groups is 1. The van der Waals surface area contributed by atoms with E-state index in [-0.39, 0.29) is 16.3 Å². The van der Waals surface area contributed by atoms with Crippen LogP contribution in [0.15, 0.2) is 34.3 Å². The number of halogens is 2. The Morgan fingerprint density at radius 2 is 2.08 bits per heavy atom. The molecule has 0 amide bonds. The second kappa shape index (κ2) is 6.71. The van der Waals surface area contributed by atoms with E-state index < -0.39 is 7.14 Å². The van der Waals surface area contributed by atoms with Gasteiger partial charge in [-0.25, -0.2) is 9.98 Å². The third-order valence-electron chi connectivity index (χ3n) is 4.34. The molecule has 2 aliphatic heterocycles. The maximum atomic E-state index is 13.1. The molecule has 3 heterocycles. The van der Waals surface area contributed by atoms with Crippen LogP contribution in [0.4, 0.5) is 5.69 Å². The number of hydrogen-bond acceptors (Lipinski definition) is 6. The van der Waals surface area contributed by atoms with Crippen LogP contribution in [0.5, 0.6) is 0 Å². The molecule has 26 heavy (non-hydrogen) atoms. The summed E-state index contributed by atoms with van der Waals surface area (Å²) in [6.45, 7) is 4.50. The van der Waals surface area contributed by atoms with E-state index in [1.807, 2.05) is 24.3 Å². The quantitative estimate of drug-likeness (QED) is 0.321. The van der Waals surface area contributed by atoms with E-state index in [2.05, 4.69) is 36.5 Å². The number of hydrogen-bond donors (Lipinski definition) is 2. The Morgan fingerprint density at radius 3 is 2.77 bits per heavy atom. The van der Waals surface area contributed by atoms with Crippen molar-refractivity contribution in [3.05, 3.63) is 30.0 Å². The number of benzene rings is 1. The number of pyridine rings is 1. The Hall–Kier alpha value is -1.27. The van der Waals surface area contributed by atoms with Crippen LogP contribution < -0.4 is 15.9 Å². The number of fused-ring (bicyclic) bond motifs is 1. The SMILES string of the molecule is CP(C)(=O)c1c(NC2N=C(Cl)N=CC2Br)ccc2nc([C@@H]3CN3)ccc12. The lowest BCUT2D eigenvalue weighted by Crippen LogP contribution is -2.33. The summed E-state index contributed by atoms with van der Waals surface area (Å²) < 4.78 is 13.1. The van der Waals surface area contributed by atoms with Crippen LogP contribution in [0.2, 0.25) is 0 Å². The molecule has 0 aliphatic carbocycles. The fraction of sp³-hybridized carbons (Fsp3) is 0.353. The van der Waals surface area contributed by atoms with Crippen LogP contribution in [0.1, 0.15) is 11.7 Å². The summed E-state index contributed by atoms with van der Waals surface area (Å²) in [6, 6.07) is 8.23. The minimum atomic E-state index is -2.58. The number of rotatable bonds is 4. The van der Waals surface area contributed by atoms with Gasteiger partial charge in [-0.1, -0.05) is 22.0 Å². The molecule has 6 nitrogen and oxygen atoms in total. The summed E-state index contributed by atoms with van der Waals surface area (Å²) in [4.78, 5) is 12.9. The first-order chi connectivity index (χ1) is 12.3. The lowest BCUT2D eigenvalue weighted by atomic mass is 10.1. The van der Waals surface area contributed by atoms with Crippen molar-refractivity contribution < 1.29 is 4.57 Å². The third kappa shape index (κ3) is 3.58. The van der Waals surface area contributed by atoms with Crippen molar-refractivity contribution >= 4 is 68.1 Å². The molecule has 0 saturated carbocycles. The van der Waals surface area contributed by atoms with Gasteiger partial charge in [-0.3, -0.25) is 4.98 Å². The lowest BCUT2D eigenvalue weighted by molar-refractivity contribution is 0.588. The maximum Gasteiger partial charge on any atom is 0.219 e. The Balaban J connectivity index is 1.80. The molecule has 0 radical (unpaired) electrons. The van der Waals surface area contributed by atoms with Crippen LogP contribution in [-0.2, 0) is 4.57 Å². The van der Waals surface area contributed by atoms with Crippen LogP contribution in [0.3, 0.4) is 0 Å². The van der Waals surface area contributed by atoms with E-state index >= 15 is 0 Å². The number of nitrogens with zero attached hydrogens (tertiary/aromatic N) is 3. The molecule has 2 N–H and O–H groups in total. The summed E-state index contributed by atoms with van der Waals surface area (Å²) in [5.41, 5.74) is 2.65. The first kappa shape index (κ1) is 18.1. The standard InChI is InChI=1S/C17H18BrClN5OP/c1-26(2,25)15-9-3-4-12(14-8-20-14)22-11(9)5-6-13(15)23-16-10(18)7-21-17(19)24-16/h3-7,10,14,16,20,23H,8H2,1-2H3/t10?,14-,16?/m0/s1. The molecule has 1 aromatic carbocycles. The summed E-state index contributed by atoms with van der Waals surface area (Å²) in [7, 11) is -2.58. The number of aliphatic imine (C=N–C) groups is 2. The van der Waals surface area contributed by atoms with Crippen LogP contribution in [-0.4, -0.2) is 47.4 Å². The van der Waals surface area contributed by atoms with Crippen molar-refractivity contribution in [1.82, 2.24) is 10.3 Å². The van der Waals surface area contributed by atoms with Gasteiger partial charge in [0.05, 0.1) is 22.1 Å². The fourth-order valence-electron chi connectivity index (χ4n) is 3.07. The first-order valence-corrected chi connectivity index (χ1v) is 12.1. The van der Waals surface area contributed by atoms with Crippen LogP contribution >= 0.6 is 34.7 Å². The molecule has 0 bridgehead atoms. The summed E-state index contributed by atoms with van der Waals surface area (Å²) in [5, 5.41) is 8.50. The molecule has 9 heteroatoms. The van der Waals surface area contributed by atoms with E-state index in [0.29, 0.717) is 6.04 Å². The van der Waals surface area contributed by atoms with Crippen molar-refractivity contribution in [2.24, 2.45) is 9.98 Å². The molecule has 1 saturated heterocycles. The molecular weight excluding hydrogens is 437 g/mol. The highest BCUT2D eigenvalue weighted by Gasteiger charge is 2.27. The predicted octanol–water partition coefficient (Wildman–Crippen LogP) is 3.31. The molecule has 1 fully saturated rings. The van der Waals surface area contributed by atoms with Crippen molar-refractivity contribution in [3.8, 4) is 0 Å². The largest absolute Gasteiger partial charge is 0.362 e. The van der Waals surface area contributed by atoms with Gasteiger partial charge in [0, 0.05) is 29.1 Å². The number of nitrogens with one attached hydrogen (secondary N) is 2. The lowest BCUT2D eigenvalue weighted by Gasteiger charge is -2.24. The molecule has 136 valence electrons. The second-order valence-corrected chi connectivity index (χ2v) is 11.3. The monoisotopic (exact) mass is 453 g/mol. The highest BCUT2D eigenvalue weighted by atomic mass is 79.9. The van der Waals surface area contributed by atoms with Crippen LogP contribution in [0.25, 0.3) is 10.9 Å². The second-order valence-electron chi connectivity index (χ2n) is 6.79. The molecule has 2 aliphatic rings.